The van der Waals surface area contributed by atoms with E-state index in [4.69, 9.17) is 0 Å². The van der Waals surface area contributed by atoms with E-state index in [0.717, 1.165) is 6.42 Å². The van der Waals surface area contributed by atoms with Crippen molar-refractivity contribution in [2.45, 2.75) is 45.3 Å². The highest BCUT2D eigenvalue weighted by Gasteiger charge is 2.38. The second-order valence-corrected chi connectivity index (χ2v) is 3.22. The molecular formula is C7H15NO3. The molecule has 4 nitrogen and oxygen atoms in total. The molecule has 11 heavy (non-hydrogen) atoms. The molecule has 4 heteroatoms. The Morgan fingerprint density at radius 3 is 2.36 bits per heavy atom. The Labute approximate surface area is 66.4 Å². The first-order chi connectivity index (χ1) is 4.92. The fraction of sp³-hybridized carbons (Fsp3) is 1.00. The number of rotatable bonds is 4. The van der Waals surface area contributed by atoms with E-state index in [1.54, 1.807) is 0 Å². The van der Waals surface area contributed by atoms with E-state index in [2.05, 4.69) is 0 Å². The summed E-state index contributed by atoms with van der Waals surface area (Å²) in [6.45, 7) is 4.76. The van der Waals surface area contributed by atoms with Crippen molar-refractivity contribution >= 4 is 0 Å². The van der Waals surface area contributed by atoms with Crippen LogP contribution in [-0.4, -0.2) is 21.7 Å². The fourth-order valence-corrected chi connectivity index (χ4v) is 0.748. The first-order valence-electron chi connectivity index (χ1n) is 3.75. The first kappa shape index (κ1) is 10.4. The lowest BCUT2D eigenvalue weighted by Gasteiger charge is -2.21. The summed E-state index contributed by atoms with van der Waals surface area (Å²) in [6, 6.07) is 0. The zero-order chi connectivity index (χ0) is 9.07. The van der Waals surface area contributed by atoms with Crippen molar-refractivity contribution in [2.75, 3.05) is 0 Å². The van der Waals surface area contributed by atoms with Gasteiger partial charge in [0.25, 0.3) is 0 Å². The standard InChI is InChI=1S/C7H15NO3/c1-4-5-6(9)7(2,3)8(10)11/h6,9H,4-5H2,1-3H3/t6-/m1/s1. The quantitative estimate of drug-likeness (QED) is 0.497. The molecule has 0 bridgehead atoms. The summed E-state index contributed by atoms with van der Waals surface area (Å²) >= 11 is 0. The van der Waals surface area contributed by atoms with Gasteiger partial charge in [-0.05, 0) is 6.42 Å². The van der Waals surface area contributed by atoms with Gasteiger partial charge in [0.1, 0.15) is 6.10 Å². The normalized spacial score (nSPS) is 14.5. The van der Waals surface area contributed by atoms with Gasteiger partial charge in [-0.3, -0.25) is 10.1 Å². The monoisotopic (exact) mass is 161 g/mol. The lowest BCUT2D eigenvalue weighted by molar-refractivity contribution is -0.573. The highest BCUT2D eigenvalue weighted by Crippen LogP contribution is 2.17. The summed E-state index contributed by atoms with van der Waals surface area (Å²) in [5.41, 5.74) is -1.21. The predicted molar refractivity (Wildman–Crippen MR) is 42.0 cm³/mol. The largest absolute Gasteiger partial charge is 0.386 e. The Morgan fingerprint density at radius 1 is 1.64 bits per heavy atom. The van der Waals surface area contributed by atoms with Crippen LogP contribution in [0.3, 0.4) is 0 Å². The molecule has 0 saturated carbocycles. The van der Waals surface area contributed by atoms with E-state index in [1.165, 1.54) is 13.8 Å². The van der Waals surface area contributed by atoms with Gasteiger partial charge in [-0.15, -0.1) is 0 Å². The molecule has 0 aromatic rings. The Bertz CT molecular complexity index is 145. The maximum atomic E-state index is 10.4. The van der Waals surface area contributed by atoms with Crippen molar-refractivity contribution in [1.29, 1.82) is 0 Å². The summed E-state index contributed by atoms with van der Waals surface area (Å²) in [5, 5.41) is 19.7. The average molecular weight is 161 g/mol. The SMILES string of the molecule is CCC[C@@H](O)C(C)(C)[N+](=O)[O-]. The molecule has 0 aromatic heterocycles. The molecule has 0 radical (unpaired) electrons. The number of hydrogen-bond donors (Lipinski definition) is 1. The summed E-state index contributed by atoms with van der Waals surface area (Å²) in [4.78, 5) is 9.95. The van der Waals surface area contributed by atoms with Gasteiger partial charge in [-0.25, -0.2) is 0 Å². The van der Waals surface area contributed by atoms with E-state index in [-0.39, 0.29) is 0 Å². The molecule has 0 aromatic carbocycles. The Balaban J connectivity index is 4.17. The van der Waals surface area contributed by atoms with Crippen LogP contribution < -0.4 is 0 Å². The van der Waals surface area contributed by atoms with Crippen molar-refractivity contribution in [3.8, 4) is 0 Å². The van der Waals surface area contributed by atoms with Crippen molar-refractivity contribution in [2.24, 2.45) is 0 Å². The molecule has 0 aliphatic carbocycles. The molecule has 1 N–H and O–H groups in total. The number of hydrogen-bond acceptors (Lipinski definition) is 3. The van der Waals surface area contributed by atoms with E-state index >= 15 is 0 Å². The van der Waals surface area contributed by atoms with Crippen LogP contribution in [0.25, 0.3) is 0 Å². The zero-order valence-electron chi connectivity index (χ0n) is 7.20. The molecule has 0 rings (SSSR count). The molecule has 0 aliphatic heterocycles. The summed E-state index contributed by atoms with van der Waals surface area (Å²) in [7, 11) is 0. The molecule has 0 heterocycles. The lowest BCUT2D eigenvalue weighted by Crippen LogP contribution is -2.43. The Morgan fingerprint density at radius 2 is 2.09 bits per heavy atom. The summed E-state index contributed by atoms with van der Waals surface area (Å²) in [5.74, 6) is 0. The maximum absolute atomic E-state index is 10.4. The van der Waals surface area contributed by atoms with Gasteiger partial charge in [-0.2, -0.15) is 0 Å². The number of aliphatic hydroxyl groups excluding tert-OH is 1. The van der Waals surface area contributed by atoms with Crippen LogP contribution in [0.2, 0.25) is 0 Å². The van der Waals surface area contributed by atoms with Gasteiger partial charge in [0.2, 0.25) is 5.54 Å². The molecule has 0 spiro atoms. The Kier molecular flexibility index (Phi) is 3.45. The first-order valence-corrected chi connectivity index (χ1v) is 3.75. The van der Waals surface area contributed by atoms with Crippen molar-refractivity contribution in [3.05, 3.63) is 10.1 Å². The summed E-state index contributed by atoms with van der Waals surface area (Å²) < 4.78 is 0. The van der Waals surface area contributed by atoms with Crippen LogP contribution in [0.1, 0.15) is 33.6 Å². The molecule has 0 fully saturated rings. The third kappa shape index (κ3) is 2.46. The van der Waals surface area contributed by atoms with Gasteiger partial charge >= 0.3 is 0 Å². The second kappa shape index (κ2) is 3.67. The highest BCUT2D eigenvalue weighted by atomic mass is 16.6. The number of aliphatic hydroxyl groups is 1. The van der Waals surface area contributed by atoms with Crippen LogP contribution in [0.15, 0.2) is 0 Å². The number of nitro groups is 1. The van der Waals surface area contributed by atoms with Gasteiger partial charge in [0.05, 0.1) is 0 Å². The van der Waals surface area contributed by atoms with Crippen LogP contribution in [-0.2, 0) is 0 Å². The smallest absolute Gasteiger partial charge is 0.242 e. The van der Waals surface area contributed by atoms with Gasteiger partial charge in [0, 0.05) is 18.8 Å². The van der Waals surface area contributed by atoms with E-state index < -0.39 is 16.6 Å². The molecule has 0 unspecified atom stereocenters. The minimum Gasteiger partial charge on any atom is -0.386 e. The van der Waals surface area contributed by atoms with Gasteiger partial charge in [-0.1, -0.05) is 13.3 Å². The van der Waals surface area contributed by atoms with Gasteiger partial charge < -0.3 is 5.11 Å². The van der Waals surface area contributed by atoms with Crippen LogP contribution in [0.5, 0.6) is 0 Å². The topological polar surface area (TPSA) is 63.4 Å². The van der Waals surface area contributed by atoms with Crippen LogP contribution in [0, 0.1) is 10.1 Å². The van der Waals surface area contributed by atoms with Crippen molar-refractivity contribution in [3.63, 3.8) is 0 Å². The van der Waals surface area contributed by atoms with Crippen molar-refractivity contribution in [1.82, 2.24) is 0 Å². The molecule has 0 amide bonds. The third-order valence-corrected chi connectivity index (χ3v) is 1.85. The third-order valence-electron chi connectivity index (χ3n) is 1.85. The number of nitrogens with zero attached hydrogens (tertiary/aromatic N) is 1. The second-order valence-electron chi connectivity index (χ2n) is 3.22. The zero-order valence-corrected chi connectivity index (χ0v) is 7.20. The van der Waals surface area contributed by atoms with Crippen LogP contribution in [0.4, 0.5) is 0 Å². The molecule has 0 aliphatic rings. The average Bonchev–Trinajstić information content (AvgIpc) is 1.88. The minimum atomic E-state index is -1.21. The lowest BCUT2D eigenvalue weighted by atomic mass is 9.95. The molecule has 1 atom stereocenters. The highest BCUT2D eigenvalue weighted by molar-refractivity contribution is 4.76. The minimum absolute atomic E-state index is 0.437. The van der Waals surface area contributed by atoms with E-state index in [9.17, 15) is 15.2 Å². The predicted octanol–water partition coefficient (Wildman–Crippen LogP) is 1.20. The van der Waals surface area contributed by atoms with E-state index in [0.29, 0.717) is 6.42 Å². The molecule has 66 valence electrons. The van der Waals surface area contributed by atoms with E-state index in [1.807, 2.05) is 6.92 Å². The van der Waals surface area contributed by atoms with Crippen LogP contribution >= 0.6 is 0 Å². The molecular weight excluding hydrogens is 146 g/mol. The fourth-order valence-electron chi connectivity index (χ4n) is 0.748. The van der Waals surface area contributed by atoms with Gasteiger partial charge in [0.15, 0.2) is 0 Å². The maximum Gasteiger partial charge on any atom is 0.242 e. The molecule has 0 saturated heterocycles. The Hall–Kier alpha value is -0.640. The van der Waals surface area contributed by atoms with Crippen molar-refractivity contribution < 1.29 is 10.0 Å². The summed E-state index contributed by atoms with van der Waals surface area (Å²) in [6.07, 6.45) is 0.398.